The molecule has 1 aromatic carbocycles. The lowest BCUT2D eigenvalue weighted by atomic mass is 10.1. The SMILES string of the molecule is Cc1cc(NC(=O)C(O)c2ccc(N)cc2)on1. The summed E-state index contributed by atoms with van der Waals surface area (Å²) in [6.45, 7) is 1.73. The fourth-order valence-corrected chi connectivity index (χ4v) is 1.44. The van der Waals surface area contributed by atoms with Crippen LogP contribution in [0.1, 0.15) is 17.4 Å². The van der Waals surface area contributed by atoms with Gasteiger partial charge < -0.3 is 15.4 Å². The van der Waals surface area contributed by atoms with Crippen molar-refractivity contribution in [2.24, 2.45) is 0 Å². The Kier molecular flexibility index (Phi) is 3.29. The summed E-state index contributed by atoms with van der Waals surface area (Å²) in [4.78, 5) is 11.7. The van der Waals surface area contributed by atoms with Gasteiger partial charge in [-0.15, -0.1) is 0 Å². The van der Waals surface area contributed by atoms with Gasteiger partial charge in [-0.05, 0) is 24.6 Å². The van der Waals surface area contributed by atoms with Crippen LogP contribution in [0.15, 0.2) is 34.9 Å². The minimum atomic E-state index is -1.28. The Morgan fingerprint density at radius 1 is 1.44 bits per heavy atom. The van der Waals surface area contributed by atoms with Crippen LogP contribution in [0.4, 0.5) is 11.6 Å². The van der Waals surface area contributed by atoms with E-state index in [1.807, 2.05) is 0 Å². The van der Waals surface area contributed by atoms with Crippen LogP contribution in [0.3, 0.4) is 0 Å². The van der Waals surface area contributed by atoms with Crippen LogP contribution in [-0.2, 0) is 4.79 Å². The number of nitrogens with one attached hydrogen (secondary N) is 1. The number of aliphatic hydroxyl groups excluding tert-OH is 1. The number of carbonyl (C=O) groups excluding carboxylic acids is 1. The van der Waals surface area contributed by atoms with Gasteiger partial charge in [0.05, 0.1) is 5.69 Å². The predicted molar refractivity (Wildman–Crippen MR) is 65.7 cm³/mol. The zero-order valence-corrected chi connectivity index (χ0v) is 9.75. The zero-order valence-electron chi connectivity index (χ0n) is 9.75. The van der Waals surface area contributed by atoms with Crippen LogP contribution >= 0.6 is 0 Å². The van der Waals surface area contributed by atoms with Crippen molar-refractivity contribution in [3.63, 3.8) is 0 Å². The largest absolute Gasteiger partial charge is 0.399 e. The maximum Gasteiger partial charge on any atom is 0.260 e. The number of benzene rings is 1. The Morgan fingerprint density at radius 3 is 2.67 bits per heavy atom. The maximum absolute atomic E-state index is 11.7. The van der Waals surface area contributed by atoms with Crippen molar-refractivity contribution in [2.75, 3.05) is 11.1 Å². The summed E-state index contributed by atoms with van der Waals surface area (Å²) in [5, 5.41) is 15.9. The van der Waals surface area contributed by atoms with E-state index >= 15 is 0 Å². The number of rotatable bonds is 3. The summed E-state index contributed by atoms with van der Waals surface area (Å²) in [6.07, 6.45) is -1.28. The third-order valence-electron chi connectivity index (χ3n) is 2.37. The highest BCUT2D eigenvalue weighted by Gasteiger charge is 2.18. The molecule has 0 bridgehead atoms. The van der Waals surface area contributed by atoms with Crippen molar-refractivity contribution < 1.29 is 14.4 Å². The Balaban J connectivity index is 2.07. The van der Waals surface area contributed by atoms with Gasteiger partial charge in [0.15, 0.2) is 6.10 Å². The Bertz CT molecular complexity index is 548. The van der Waals surface area contributed by atoms with Crippen LogP contribution in [0, 0.1) is 6.92 Å². The summed E-state index contributed by atoms with van der Waals surface area (Å²) < 4.78 is 4.83. The highest BCUT2D eigenvalue weighted by Crippen LogP contribution is 2.17. The lowest BCUT2D eigenvalue weighted by molar-refractivity contribution is -0.124. The second kappa shape index (κ2) is 4.89. The molecule has 0 aliphatic rings. The van der Waals surface area contributed by atoms with Gasteiger partial charge in [-0.3, -0.25) is 10.1 Å². The summed E-state index contributed by atoms with van der Waals surface area (Å²) in [5.74, 6) is -0.386. The average Bonchev–Trinajstić information content (AvgIpc) is 2.75. The van der Waals surface area contributed by atoms with Crippen molar-refractivity contribution in [2.45, 2.75) is 13.0 Å². The van der Waals surface area contributed by atoms with E-state index in [0.717, 1.165) is 0 Å². The molecule has 2 rings (SSSR count). The second-order valence-corrected chi connectivity index (χ2v) is 3.89. The van der Waals surface area contributed by atoms with Gasteiger partial charge in [-0.2, -0.15) is 0 Å². The summed E-state index contributed by atoms with van der Waals surface area (Å²) in [5.41, 5.74) is 7.19. The fourth-order valence-electron chi connectivity index (χ4n) is 1.44. The van der Waals surface area contributed by atoms with E-state index in [4.69, 9.17) is 10.3 Å². The second-order valence-electron chi connectivity index (χ2n) is 3.89. The highest BCUT2D eigenvalue weighted by atomic mass is 16.5. The van der Waals surface area contributed by atoms with Crippen LogP contribution in [-0.4, -0.2) is 16.2 Å². The first-order valence-electron chi connectivity index (χ1n) is 5.34. The highest BCUT2D eigenvalue weighted by molar-refractivity contribution is 5.93. The van der Waals surface area contributed by atoms with Crippen molar-refractivity contribution in [3.05, 3.63) is 41.6 Å². The minimum absolute atomic E-state index is 0.201. The lowest BCUT2D eigenvalue weighted by Gasteiger charge is -2.09. The molecule has 1 amide bonds. The van der Waals surface area contributed by atoms with E-state index in [2.05, 4.69) is 10.5 Å². The molecular formula is C12H13N3O3. The molecule has 0 aliphatic carbocycles. The first kappa shape index (κ1) is 12.1. The molecule has 1 heterocycles. The van der Waals surface area contributed by atoms with Crippen molar-refractivity contribution in [1.82, 2.24) is 5.16 Å². The third-order valence-corrected chi connectivity index (χ3v) is 2.37. The van der Waals surface area contributed by atoms with Crippen LogP contribution < -0.4 is 11.1 Å². The van der Waals surface area contributed by atoms with E-state index < -0.39 is 12.0 Å². The Labute approximate surface area is 103 Å². The molecule has 1 aromatic heterocycles. The van der Waals surface area contributed by atoms with Gasteiger partial charge in [0.25, 0.3) is 5.91 Å². The van der Waals surface area contributed by atoms with E-state index in [0.29, 0.717) is 16.9 Å². The molecule has 0 spiro atoms. The Hall–Kier alpha value is -2.34. The van der Waals surface area contributed by atoms with Crippen molar-refractivity contribution in [3.8, 4) is 0 Å². The summed E-state index contributed by atoms with van der Waals surface area (Å²) in [6, 6.07) is 7.97. The molecule has 18 heavy (non-hydrogen) atoms. The van der Waals surface area contributed by atoms with E-state index in [-0.39, 0.29) is 5.88 Å². The predicted octanol–water partition coefficient (Wildman–Crippen LogP) is 1.24. The quantitative estimate of drug-likeness (QED) is 0.708. The number of hydrogen-bond donors (Lipinski definition) is 3. The number of carbonyl (C=O) groups is 1. The summed E-state index contributed by atoms with van der Waals surface area (Å²) in [7, 11) is 0. The zero-order chi connectivity index (χ0) is 13.1. The molecule has 1 atom stereocenters. The van der Waals surface area contributed by atoms with Crippen LogP contribution in [0.5, 0.6) is 0 Å². The van der Waals surface area contributed by atoms with E-state index in [1.54, 1.807) is 37.3 Å². The molecule has 0 saturated heterocycles. The first-order chi connectivity index (χ1) is 8.56. The van der Waals surface area contributed by atoms with Crippen molar-refractivity contribution >= 4 is 17.5 Å². The van der Waals surface area contributed by atoms with Crippen LogP contribution in [0.25, 0.3) is 0 Å². The van der Waals surface area contributed by atoms with Gasteiger partial charge in [0.1, 0.15) is 0 Å². The number of aromatic nitrogens is 1. The standard InChI is InChI=1S/C12H13N3O3/c1-7-6-10(18-15-7)14-12(17)11(16)8-2-4-9(13)5-3-8/h2-6,11,16H,13H2,1H3,(H,14,17). The smallest absolute Gasteiger partial charge is 0.260 e. The molecule has 0 radical (unpaired) electrons. The number of nitrogen functional groups attached to an aromatic ring is 1. The molecule has 2 aromatic rings. The number of aliphatic hydroxyl groups is 1. The third kappa shape index (κ3) is 2.67. The van der Waals surface area contributed by atoms with Gasteiger partial charge in [-0.1, -0.05) is 17.3 Å². The molecule has 1 unspecified atom stereocenters. The van der Waals surface area contributed by atoms with Gasteiger partial charge >= 0.3 is 0 Å². The molecule has 4 N–H and O–H groups in total. The van der Waals surface area contributed by atoms with E-state index in [9.17, 15) is 9.90 Å². The normalized spacial score (nSPS) is 12.1. The monoisotopic (exact) mass is 247 g/mol. The molecule has 94 valence electrons. The summed E-state index contributed by atoms with van der Waals surface area (Å²) >= 11 is 0. The van der Waals surface area contributed by atoms with Crippen molar-refractivity contribution in [1.29, 1.82) is 0 Å². The van der Waals surface area contributed by atoms with Gasteiger partial charge in [-0.25, -0.2) is 0 Å². The van der Waals surface area contributed by atoms with Gasteiger partial charge in [0.2, 0.25) is 5.88 Å². The van der Waals surface area contributed by atoms with E-state index in [1.165, 1.54) is 0 Å². The first-order valence-corrected chi connectivity index (χ1v) is 5.34. The lowest BCUT2D eigenvalue weighted by Crippen LogP contribution is -2.20. The molecular weight excluding hydrogens is 234 g/mol. The number of hydrogen-bond acceptors (Lipinski definition) is 5. The Morgan fingerprint density at radius 2 is 2.11 bits per heavy atom. The molecule has 0 aliphatic heterocycles. The molecule has 0 fully saturated rings. The maximum atomic E-state index is 11.7. The fraction of sp³-hybridized carbons (Fsp3) is 0.167. The minimum Gasteiger partial charge on any atom is -0.399 e. The number of anilines is 2. The number of nitrogens with two attached hydrogens (primary N) is 1. The number of nitrogens with zero attached hydrogens (tertiary/aromatic N) is 1. The number of aryl methyl sites for hydroxylation is 1. The molecule has 0 saturated carbocycles. The van der Waals surface area contributed by atoms with Gasteiger partial charge in [0, 0.05) is 11.8 Å². The number of amides is 1. The average molecular weight is 247 g/mol. The molecule has 6 nitrogen and oxygen atoms in total. The topological polar surface area (TPSA) is 101 Å². The van der Waals surface area contributed by atoms with Crippen LogP contribution in [0.2, 0.25) is 0 Å². The molecule has 6 heteroatoms.